The van der Waals surface area contributed by atoms with Crippen molar-refractivity contribution in [2.45, 2.75) is 19.8 Å². The van der Waals surface area contributed by atoms with Gasteiger partial charge in [0.1, 0.15) is 5.75 Å². The van der Waals surface area contributed by atoms with Crippen LogP contribution in [-0.4, -0.2) is 28.8 Å². The highest BCUT2D eigenvalue weighted by Gasteiger charge is 2.05. The molecule has 134 valence electrons. The van der Waals surface area contributed by atoms with Crippen molar-refractivity contribution in [1.29, 1.82) is 0 Å². The molecule has 0 unspecified atom stereocenters. The van der Waals surface area contributed by atoms with E-state index >= 15 is 0 Å². The predicted molar refractivity (Wildman–Crippen MR) is 104 cm³/mol. The fourth-order valence-electron chi connectivity index (χ4n) is 2.75. The Morgan fingerprint density at radius 1 is 1.00 bits per heavy atom. The van der Waals surface area contributed by atoms with E-state index in [1.54, 1.807) is 13.3 Å². The number of nitrogens with one attached hydrogen (secondary N) is 2. The SMILES string of the molecule is CCc1ccccc1Nc1cnnc(NCCc2ccccc2OC)n1. The van der Waals surface area contributed by atoms with Crippen LogP contribution in [0, 0.1) is 0 Å². The van der Waals surface area contributed by atoms with Gasteiger partial charge in [0.15, 0.2) is 5.82 Å². The van der Waals surface area contributed by atoms with Crippen LogP contribution in [0.25, 0.3) is 0 Å². The van der Waals surface area contributed by atoms with Crippen LogP contribution in [0.1, 0.15) is 18.1 Å². The number of hydrogen-bond acceptors (Lipinski definition) is 6. The van der Waals surface area contributed by atoms with Gasteiger partial charge in [-0.2, -0.15) is 10.1 Å². The quantitative estimate of drug-likeness (QED) is 0.644. The molecule has 1 heterocycles. The summed E-state index contributed by atoms with van der Waals surface area (Å²) in [6, 6.07) is 16.2. The molecule has 0 fully saturated rings. The monoisotopic (exact) mass is 349 g/mol. The number of anilines is 3. The minimum Gasteiger partial charge on any atom is -0.496 e. The molecule has 0 spiro atoms. The summed E-state index contributed by atoms with van der Waals surface area (Å²) in [7, 11) is 1.68. The lowest BCUT2D eigenvalue weighted by Gasteiger charge is -2.11. The van der Waals surface area contributed by atoms with Gasteiger partial charge in [-0.25, -0.2) is 0 Å². The average Bonchev–Trinajstić information content (AvgIpc) is 2.69. The lowest BCUT2D eigenvalue weighted by Crippen LogP contribution is -2.10. The molecule has 6 heteroatoms. The molecular weight excluding hydrogens is 326 g/mol. The van der Waals surface area contributed by atoms with E-state index in [1.807, 2.05) is 36.4 Å². The number of para-hydroxylation sites is 2. The van der Waals surface area contributed by atoms with Crippen LogP contribution < -0.4 is 15.4 Å². The molecule has 0 saturated carbocycles. The van der Waals surface area contributed by atoms with Gasteiger partial charge >= 0.3 is 0 Å². The molecular formula is C20H23N5O. The number of aromatic nitrogens is 3. The van der Waals surface area contributed by atoms with E-state index in [-0.39, 0.29) is 0 Å². The number of nitrogens with zero attached hydrogens (tertiary/aromatic N) is 3. The van der Waals surface area contributed by atoms with Gasteiger partial charge in [-0.05, 0) is 36.1 Å². The lowest BCUT2D eigenvalue weighted by molar-refractivity contribution is 0.410. The average molecular weight is 349 g/mol. The number of benzene rings is 2. The number of aryl methyl sites for hydroxylation is 1. The van der Waals surface area contributed by atoms with Crippen molar-refractivity contribution in [2.75, 3.05) is 24.3 Å². The first-order chi connectivity index (χ1) is 12.8. The Morgan fingerprint density at radius 3 is 2.58 bits per heavy atom. The van der Waals surface area contributed by atoms with E-state index in [1.165, 1.54) is 5.56 Å². The second kappa shape index (κ2) is 8.80. The zero-order chi connectivity index (χ0) is 18.2. The summed E-state index contributed by atoms with van der Waals surface area (Å²) in [4.78, 5) is 4.49. The van der Waals surface area contributed by atoms with Crippen molar-refractivity contribution in [3.63, 3.8) is 0 Å². The van der Waals surface area contributed by atoms with Crippen molar-refractivity contribution >= 4 is 17.5 Å². The van der Waals surface area contributed by atoms with Gasteiger partial charge in [-0.3, -0.25) is 0 Å². The highest BCUT2D eigenvalue weighted by atomic mass is 16.5. The molecule has 6 nitrogen and oxygen atoms in total. The minimum absolute atomic E-state index is 0.499. The van der Waals surface area contributed by atoms with Crippen LogP contribution in [-0.2, 0) is 12.8 Å². The number of hydrogen-bond donors (Lipinski definition) is 2. The van der Waals surface area contributed by atoms with E-state index in [9.17, 15) is 0 Å². The van der Waals surface area contributed by atoms with Crippen molar-refractivity contribution in [2.24, 2.45) is 0 Å². The van der Waals surface area contributed by atoms with Crippen molar-refractivity contribution in [3.05, 3.63) is 65.9 Å². The fraction of sp³-hybridized carbons (Fsp3) is 0.250. The predicted octanol–water partition coefficient (Wildman–Crippen LogP) is 3.84. The molecule has 0 aliphatic carbocycles. The zero-order valence-corrected chi connectivity index (χ0v) is 15.1. The molecule has 0 aliphatic rings. The van der Waals surface area contributed by atoms with Gasteiger partial charge in [0.05, 0.1) is 13.3 Å². The number of ether oxygens (including phenoxy) is 1. The largest absolute Gasteiger partial charge is 0.496 e. The third kappa shape index (κ3) is 4.47. The van der Waals surface area contributed by atoms with Crippen LogP contribution in [0.2, 0.25) is 0 Å². The topological polar surface area (TPSA) is 72.0 Å². The smallest absolute Gasteiger partial charge is 0.244 e. The highest BCUT2D eigenvalue weighted by molar-refractivity contribution is 5.60. The van der Waals surface area contributed by atoms with Gasteiger partial charge in [-0.1, -0.05) is 43.3 Å². The molecule has 1 aromatic heterocycles. The summed E-state index contributed by atoms with van der Waals surface area (Å²) < 4.78 is 5.37. The first-order valence-corrected chi connectivity index (χ1v) is 8.70. The summed E-state index contributed by atoms with van der Waals surface area (Å²) in [5.74, 6) is 2.06. The molecule has 26 heavy (non-hydrogen) atoms. The Kier molecular flexibility index (Phi) is 5.98. The first kappa shape index (κ1) is 17.7. The van der Waals surface area contributed by atoms with Crippen LogP contribution in [0.15, 0.2) is 54.7 Å². The van der Waals surface area contributed by atoms with Crippen LogP contribution in [0.5, 0.6) is 5.75 Å². The Bertz CT molecular complexity index is 853. The van der Waals surface area contributed by atoms with Gasteiger partial charge in [0.2, 0.25) is 5.95 Å². The standard InChI is InChI=1S/C20H23N5O/c1-3-15-8-4-6-10-17(15)23-19-14-22-25-20(24-19)21-13-12-16-9-5-7-11-18(16)26-2/h4-11,14H,3,12-13H2,1-2H3,(H2,21,23,24,25). The van der Waals surface area contributed by atoms with E-state index in [0.717, 1.165) is 29.8 Å². The molecule has 0 saturated heterocycles. The summed E-state index contributed by atoms with van der Waals surface area (Å²) in [5.41, 5.74) is 3.41. The molecule has 0 radical (unpaired) electrons. The number of rotatable bonds is 8. The first-order valence-electron chi connectivity index (χ1n) is 8.70. The Morgan fingerprint density at radius 2 is 1.77 bits per heavy atom. The third-order valence-corrected chi connectivity index (χ3v) is 4.09. The van der Waals surface area contributed by atoms with E-state index in [4.69, 9.17) is 4.74 Å². The van der Waals surface area contributed by atoms with Gasteiger partial charge < -0.3 is 15.4 Å². The maximum absolute atomic E-state index is 5.37. The molecule has 0 amide bonds. The number of methoxy groups -OCH3 is 1. The van der Waals surface area contributed by atoms with Crippen LogP contribution in [0.3, 0.4) is 0 Å². The Hall–Kier alpha value is -3.15. The Balaban J connectivity index is 1.62. The van der Waals surface area contributed by atoms with Gasteiger partial charge in [0.25, 0.3) is 0 Å². The normalized spacial score (nSPS) is 10.4. The van der Waals surface area contributed by atoms with E-state index in [0.29, 0.717) is 18.3 Å². The van der Waals surface area contributed by atoms with E-state index < -0.39 is 0 Å². The summed E-state index contributed by atoms with van der Waals surface area (Å²) in [6.45, 7) is 2.82. The zero-order valence-electron chi connectivity index (χ0n) is 15.1. The highest BCUT2D eigenvalue weighted by Crippen LogP contribution is 2.20. The Labute approximate surface area is 153 Å². The molecule has 2 aromatic carbocycles. The summed E-state index contributed by atoms with van der Waals surface area (Å²) in [6.07, 6.45) is 3.38. The molecule has 0 bridgehead atoms. The van der Waals surface area contributed by atoms with Crippen LogP contribution in [0.4, 0.5) is 17.5 Å². The van der Waals surface area contributed by atoms with Crippen LogP contribution >= 0.6 is 0 Å². The maximum Gasteiger partial charge on any atom is 0.244 e. The van der Waals surface area contributed by atoms with Crippen molar-refractivity contribution in [3.8, 4) is 5.75 Å². The molecule has 0 aliphatic heterocycles. The summed E-state index contributed by atoms with van der Waals surface area (Å²) in [5, 5.41) is 14.6. The lowest BCUT2D eigenvalue weighted by atomic mass is 10.1. The fourth-order valence-corrected chi connectivity index (χ4v) is 2.75. The second-order valence-corrected chi connectivity index (χ2v) is 5.79. The van der Waals surface area contributed by atoms with Crippen molar-refractivity contribution in [1.82, 2.24) is 15.2 Å². The van der Waals surface area contributed by atoms with Gasteiger partial charge in [0, 0.05) is 12.2 Å². The third-order valence-electron chi connectivity index (χ3n) is 4.09. The van der Waals surface area contributed by atoms with Crippen molar-refractivity contribution < 1.29 is 4.74 Å². The molecule has 2 N–H and O–H groups in total. The maximum atomic E-state index is 5.37. The second-order valence-electron chi connectivity index (χ2n) is 5.79. The minimum atomic E-state index is 0.499. The van der Waals surface area contributed by atoms with E-state index in [2.05, 4.69) is 44.9 Å². The molecule has 3 aromatic rings. The van der Waals surface area contributed by atoms with Gasteiger partial charge in [-0.15, -0.1) is 5.10 Å². The molecule has 3 rings (SSSR count). The summed E-state index contributed by atoms with van der Waals surface area (Å²) >= 11 is 0. The molecule has 0 atom stereocenters.